The highest BCUT2D eigenvalue weighted by Crippen LogP contribution is 2.18. The number of aliphatic hydroxyl groups excluding tert-OH is 1. The van der Waals surface area contributed by atoms with Gasteiger partial charge < -0.3 is 5.11 Å². The molecule has 1 N–H and O–H groups in total. The molecule has 1 fully saturated rings. The van der Waals surface area contributed by atoms with Crippen LogP contribution in [0.3, 0.4) is 0 Å². The molecule has 1 aliphatic heterocycles. The second-order valence-electron chi connectivity index (χ2n) is 4.69. The summed E-state index contributed by atoms with van der Waals surface area (Å²) in [6.07, 6.45) is 0.673. The van der Waals surface area contributed by atoms with Crippen LogP contribution >= 0.6 is 0 Å². The molecule has 0 bridgehead atoms. The van der Waals surface area contributed by atoms with Gasteiger partial charge in [0.15, 0.2) is 0 Å². The summed E-state index contributed by atoms with van der Waals surface area (Å²) in [5.74, 6) is 0.139. The van der Waals surface area contributed by atoms with E-state index >= 15 is 0 Å². The van der Waals surface area contributed by atoms with Crippen molar-refractivity contribution in [2.75, 3.05) is 13.1 Å². The molecular weight excluding hydrogens is 205 g/mol. The summed E-state index contributed by atoms with van der Waals surface area (Å²) in [6.45, 7) is 4.75. The Hall–Kier alpha value is -0.930. The van der Waals surface area contributed by atoms with Gasteiger partial charge in [0, 0.05) is 19.6 Å². The number of rotatable bonds is 2. The smallest absolute Gasteiger partial charge is 0.123 e. The number of likely N-dealkylation sites (tertiary alicyclic amines) is 1. The van der Waals surface area contributed by atoms with Crippen molar-refractivity contribution in [3.63, 3.8) is 0 Å². The van der Waals surface area contributed by atoms with Gasteiger partial charge in [-0.2, -0.15) is 0 Å². The first-order valence-corrected chi connectivity index (χ1v) is 5.80. The van der Waals surface area contributed by atoms with Crippen molar-refractivity contribution < 1.29 is 9.50 Å². The zero-order valence-electron chi connectivity index (χ0n) is 9.56. The fourth-order valence-corrected chi connectivity index (χ4v) is 2.21. The molecular formula is C13H18FNO. The number of hydrogen-bond acceptors (Lipinski definition) is 2. The van der Waals surface area contributed by atoms with Crippen LogP contribution in [0.1, 0.15) is 18.9 Å². The van der Waals surface area contributed by atoms with Gasteiger partial charge in [0.25, 0.3) is 0 Å². The van der Waals surface area contributed by atoms with Crippen LogP contribution in [0.25, 0.3) is 0 Å². The van der Waals surface area contributed by atoms with Crippen molar-refractivity contribution in [3.05, 3.63) is 35.6 Å². The molecule has 1 aromatic rings. The second kappa shape index (κ2) is 4.93. The molecule has 1 aromatic carbocycles. The lowest BCUT2D eigenvalue weighted by Crippen LogP contribution is -2.41. The lowest BCUT2D eigenvalue weighted by Gasteiger charge is -2.34. The highest BCUT2D eigenvalue weighted by molar-refractivity contribution is 5.15. The molecule has 0 amide bonds. The Morgan fingerprint density at radius 3 is 2.69 bits per heavy atom. The van der Waals surface area contributed by atoms with E-state index in [2.05, 4.69) is 11.8 Å². The van der Waals surface area contributed by atoms with Gasteiger partial charge in [0.1, 0.15) is 5.82 Å². The predicted octanol–water partition coefficient (Wildman–Crippen LogP) is 2.03. The van der Waals surface area contributed by atoms with Crippen LogP contribution < -0.4 is 0 Å². The first-order chi connectivity index (χ1) is 7.65. The molecule has 88 valence electrons. The third-order valence-corrected chi connectivity index (χ3v) is 3.26. The molecule has 1 saturated heterocycles. The third-order valence-electron chi connectivity index (χ3n) is 3.26. The number of nitrogens with zero attached hydrogens (tertiary/aromatic N) is 1. The van der Waals surface area contributed by atoms with E-state index in [4.69, 9.17) is 0 Å². The Kier molecular flexibility index (Phi) is 3.56. The Morgan fingerprint density at radius 1 is 1.38 bits per heavy atom. The summed E-state index contributed by atoms with van der Waals surface area (Å²) in [5, 5.41) is 9.62. The first-order valence-electron chi connectivity index (χ1n) is 5.80. The molecule has 0 saturated carbocycles. The van der Waals surface area contributed by atoms with Crippen molar-refractivity contribution in [1.29, 1.82) is 0 Å². The number of aliphatic hydroxyl groups is 1. The summed E-state index contributed by atoms with van der Waals surface area (Å²) in [7, 11) is 0. The zero-order valence-corrected chi connectivity index (χ0v) is 9.56. The van der Waals surface area contributed by atoms with Crippen LogP contribution in [0.15, 0.2) is 24.3 Å². The highest BCUT2D eigenvalue weighted by Gasteiger charge is 2.23. The molecule has 0 radical (unpaired) electrons. The van der Waals surface area contributed by atoms with Crippen LogP contribution in [0.2, 0.25) is 0 Å². The van der Waals surface area contributed by atoms with Gasteiger partial charge in [-0.15, -0.1) is 0 Å². The molecule has 3 heteroatoms. The fraction of sp³-hybridized carbons (Fsp3) is 0.538. The molecule has 1 aliphatic rings. The monoisotopic (exact) mass is 223 g/mol. The lowest BCUT2D eigenvalue weighted by molar-refractivity contribution is 0.0320. The second-order valence-corrected chi connectivity index (χ2v) is 4.69. The van der Waals surface area contributed by atoms with Gasteiger partial charge in [0.05, 0.1) is 6.10 Å². The highest BCUT2D eigenvalue weighted by atomic mass is 19.1. The summed E-state index contributed by atoms with van der Waals surface area (Å²) >= 11 is 0. The van der Waals surface area contributed by atoms with E-state index in [1.165, 1.54) is 12.1 Å². The minimum Gasteiger partial charge on any atom is -0.393 e. The van der Waals surface area contributed by atoms with E-state index in [0.29, 0.717) is 5.92 Å². The van der Waals surface area contributed by atoms with E-state index in [0.717, 1.165) is 31.6 Å². The minimum atomic E-state index is -0.189. The predicted molar refractivity (Wildman–Crippen MR) is 61.5 cm³/mol. The van der Waals surface area contributed by atoms with E-state index in [1.54, 1.807) is 0 Å². The van der Waals surface area contributed by atoms with Crippen LogP contribution in [0.4, 0.5) is 4.39 Å². The Labute approximate surface area is 95.7 Å². The first kappa shape index (κ1) is 11.6. The third kappa shape index (κ3) is 2.80. The minimum absolute atomic E-state index is 0.163. The maximum Gasteiger partial charge on any atom is 0.123 e. The Morgan fingerprint density at radius 2 is 2.06 bits per heavy atom. The number of piperidine rings is 1. The summed E-state index contributed by atoms with van der Waals surface area (Å²) in [6, 6.07) is 6.64. The SMILES string of the molecule is CC1CN(Cc2ccc(F)cc2)CCC1O. The molecule has 2 atom stereocenters. The van der Waals surface area contributed by atoms with E-state index in [1.807, 2.05) is 12.1 Å². The van der Waals surface area contributed by atoms with Crippen LogP contribution in [0, 0.1) is 11.7 Å². The molecule has 0 aliphatic carbocycles. The number of hydrogen-bond donors (Lipinski definition) is 1. The Bertz CT molecular complexity index is 338. The summed E-state index contributed by atoms with van der Waals surface area (Å²) in [5.41, 5.74) is 1.13. The van der Waals surface area contributed by atoms with Gasteiger partial charge >= 0.3 is 0 Å². The van der Waals surface area contributed by atoms with Crippen molar-refractivity contribution in [1.82, 2.24) is 4.90 Å². The average Bonchev–Trinajstić information content (AvgIpc) is 2.27. The lowest BCUT2D eigenvalue weighted by atomic mass is 9.96. The van der Waals surface area contributed by atoms with Crippen molar-refractivity contribution in [2.24, 2.45) is 5.92 Å². The average molecular weight is 223 g/mol. The van der Waals surface area contributed by atoms with Crippen molar-refractivity contribution >= 4 is 0 Å². The molecule has 0 spiro atoms. The van der Waals surface area contributed by atoms with E-state index < -0.39 is 0 Å². The number of halogens is 1. The summed E-state index contributed by atoms with van der Waals surface area (Å²) in [4.78, 5) is 2.31. The van der Waals surface area contributed by atoms with Crippen LogP contribution in [-0.4, -0.2) is 29.2 Å². The molecule has 2 nitrogen and oxygen atoms in total. The van der Waals surface area contributed by atoms with Gasteiger partial charge in [-0.1, -0.05) is 19.1 Å². The van der Waals surface area contributed by atoms with Gasteiger partial charge in [-0.05, 0) is 30.0 Å². The van der Waals surface area contributed by atoms with Crippen molar-refractivity contribution in [2.45, 2.75) is 26.0 Å². The van der Waals surface area contributed by atoms with E-state index in [9.17, 15) is 9.50 Å². The fourth-order valence-electron chi connectivity index (χ4n) is 2.21. The normalized spacial score (nSPS) is 26.9. The zero-order chi connectivity index (χ0) is 11.5. The molecule has 16 heavy (non-hydrogen) atoms. The van der Waals surface area contributed by atoms with Gasteiger partial charge in [-0.25, -0.2) is 4.39 Å². The van der Waals surface area contributed by atoms with Crippen LogP contribution in [0.5, 0.6) is 0 Å². The topological polar surface area (TPSA) is 23.5 Å². The van der Waals surface area contributed by atoms with Gasteiger partial charge in [0.2, 0.25) is 0 Å². The van der Waals surface area contributed by atoms with Gasteiger partial charge in [-0.3, -0.25) is 4.90 Å². The quantitative estimate of drug-likeness (QED) is 0.829. The Balaban J connectivity index is 1.93. The molecule has 0 aromatic heterocycles. The summed E-state index contributed by atoms with van der Waals surface area (Å²) < 4.78 is 12.7. The number of benzene rings is 1. The molecule has 1 heterocycles. The largest absolute Gasteiger partial charge is 0.393 e. The molecule has 2 unspecified atom stereocenters. The standard InChI is InChI=1S/C13H18FNO/c1-10-8-15(7-6-13(10)16)9-11-2-4-12(14)5-3-11/h2-5,10,13,16H,6-9H2,1H3. The van der Waals surface area contributed by atoms with E-state index in [-0.39, 0.29) is 11.9 Å². The van der Waals surface area contributed by atoms with Crippen LogP contribution in [-0.2, 0) is 6.54 Å². The molecule has 2 rings (SSSR count). The van der Waals surface area contributed by atoms with Crippen molar-refractivity contribution in [3.8, 4) is 0 Å². The maximum absolute atomic E-state index is 12.7. The maximum atomic E-state index is 12.7.